The Balaban J connectivity index is 2.38. The van der Waals surface area contributed by atoms with Gasteiger partial charge in [0.2, 0.25) is 0 Å². The van der Waals surface area contributed by atoms with Gasteiger partial charge in [0.1, 0.15) is 0 Å². The molecule has 0 saturated heterocycles. The lowest BCUT2D eigenvalue weighted by atomic mass is 9.99. The molecule has 1 rings (SSSR count). The first-order valence-corrected chi connectivity index (χ1v) is 4.67. The van der Waals surface area contributed by atoms with Gasteiger partial charge in [0.15, 0.2) is 0 Å². The molecular formula is C11H18O. The fourth-order valence-electron chi connectivity index (χ4n) is 2.11. The number of hydrogen-bond donors (Lipinski definition) is 1. The minimum absolute atomic E-state index is 0.104. The van der Waals surface area contributed by atoms with Crippen LogP contribution in [-0.4, -0.2) is 11.2 Å². The van der Waals surface area contributed by atoms with E-state index >= 15 is 0 Å². The molecule has 12 heavy (non-hydrogen) atoms. The molecule has 0 bridgehead atoms. The van der Waals surface area contributed by atoms with E-state index in [4.69, 9.17) is 0 Å². The zero-order chi connectivity index (χ0) is 8.97. The lowest BCUT2D eigenvalue weighted by molar-refractivity contribution is 0.132. The predicted octanol–water partition coefficient (Wildman–Crippen LogP) is 2.53. The van der Waals surface area contributed by atoms with E-state index in [1.54, 1.807) is 0 Å². The summed E-state index contributed by atoms with van der Waals surface area (Å²) in [7, 11) is 0. The Hall–Kier alpha value is -0.560. The summed E-state index contributed by atoms with van der Waals surface area (Å²) in [6.45, 7) is 7.42. The second-order valence-corrected chi connectivity index (χ2v) is 3.71. The summed E-state index contributed by atoms with van der Waals surface area (Å²) in [6.07, 6.45) is 7.84. The normalized spacial score (nSPS) is 34.9. The highest BCUT2D eigenvalue weighted by Gasteiger charge is 2.30. The van der Waals surface area contributed by atoms with E-state index in [1.807, 2.05) is 12.2 Å². The van der Waals surface area contributed by atoms with Gasteiger partial charge < -0.3 is 5.11 Å². The van der Waals surface area contributed by atoms with Crippen LogP contribution in [-0.2, 0) is 0 Å². The van der Waals surface area contributed by atoms with Crippen LogP contribution in [0.2, 0.25) is 0 Å². The molecule has 68 valence electrons. The van der Waals surface area contributed by atoms with Crippen molar-refractivity contribution in [1.29, 1.82) is 0 Å². The van der Waals surface area contributed by atoms with Crippen LogP contribution in [0, 0.1) is 11.8 Å². The van der Waals surface area contributed by atoms with Crippen molar-refractivity contribution in [2.45, 2.75) is 31.8 Å². The Bertz CT molecular complexity index is 162. The molecule has 0 aromatic carbocycles. The maximum atomic E-state index is 9.64. The van der Waals surface area contributed by atoms with Crippen LogP contribution >= 0.6 is 0 Å². The first-order chi connectivity index (χ1) is 5.77. The Morgan fingerprint density at radius 1 is 1.17 bits per heavy atom. The number of rotatable bonds is 4. The summed E-state index contributed by atoms with van der Waals surface area (Å²) in [6, 6.07) is 0. The van der Waals surface area contributed by atoms with Crippen LogP contribution < -0.4 is 0 Å². The van der Waals surface area contributed by atoms with Crippen molar-refractivity contribution in [2.75, 3.05) is 0 Å². The molecular weight excluding hydrogens is 148 g/mol. The van der Waals surface area contributed by atoms with E-state index in [1.165, 1.54) is 0 Å². The average molecular weight is 166 g/mol. The lowest BCUT2D eigenvalue weighted by Crippen LogP contribution is -2.11. The van der Waals surface area contributed by atoms with Crippen molar-refractivity contribution >= 4 is 0 Å². The molecule has 1 heteroatoms. The van der Waals surface area contributed by atoms with Gasteiger partial charge in [0.25, 0.3) is 0 Å². The highest BCUT2D eigenvalue weighted by Crippen LogP contribution is 2.35. The maximum absolute atomic E-state index is 9.64. The van der Waals surface area contributed by atoms with Crippen molar-refractivity contribution in [1.82, 2.24) is 0 Å². The van der Waals surface area contributed by atoms with Crippen LogP contribution in [0.4, 0.5) is 0 Å². The van der Waals surface area contributed by atoms with E-state index in [0.29, 0.717) is 11.8 Å². The zero-order valence-corrected chi connectivity index (χ0v) is 7.58. The maximum Gasteiger partial charge on any atom is 0.0574 e. The summed E-state index contributed by atoms with van der Waals surface area (Å²) in [4.78, 5) is 0. The van der Waals surface area contributed by atoms with Crippen LogP contribution in [0.3, 0.4) is 0 Å². The molecule has 1 nitrogen and oxygen atoms in total. The number of aliphatic hydroxyl groups is 1. The van der Waals surface area contributed by atoms with Crippen molar-refractivity contribution in [3.05, 3.63) is 25.3 Å². The van der Waals surface area contributed by atoms with Gasteiger partial charge in [-0.2, -0.15) is 0 Å². The molecule has 1 N–H and O–H groups in total. The summed E-state index contributed by atoms with van der Waals surface area (Å²) in [5.74, 6) is 1.11. The van der Waals surface area contributed by atoms with Crippen LogP contribution in [0.15, 0.2) is 25.3 Å². The molecule has 0 radical (unpaired) electrons. The molecule has 3 atom stereocenters. The van der Waals surface area contributed by atoms with E-state index in [2.05, 4.69) is 13.2 Å². The standard InChI is InChI=1S/C11H18O/c1-3-5-9-7-10(6-4-2)11(12)8-9/h3-4,9-12H,1-2,5-8H2. The molecule has 1 saturated carbocycles. The highest BCUT2D eigenvalue weighted by atomic mass is 16.3. The molecule has 0 aromatic heterocycles. The second kappa shape index (κ2) is 4.46. The third-order valence-electron chi connectivity index (χ3n) is 2.72. The van der Waals surface area contributed by atoms with Gasteiger partial charge in [-0.15, -0.1) is 13.2 Å². The van der Waals surface area contributed by atoms with Crippen molar-refractivity contribution in [3.8, 4) is 0 Å². The lowest BCUT2D eigenvalue weighted by Gasteiger charge is -2.10. The van der Waals surface area contributed by atoms with Gasteiger partial charge >= 0.3 is 0 Å². The topological polar surface area (TPSA) is 20.2 Å². The molecule has 3 unspecified atom stereocenters. The van der Waals surface area contributed by atoms with Crippen molar-refractivity contribution < 1.29 is 5.11 Å². The van der Waals surface area contributed by atoms with Crippen molar-refractivity contribution in [2.24, 2.45) is 11.8 Å². The van der Waals surface area contributed by atoms with E-state index < -0.39 is 0 Å². The molecule has 0 spiro atoms. The molecule has 0 aromatic rings. The molecule has 0 amide bonds. The average Bonchev–Trinajstić information content (AvgIpc) is 2.34. The SMILES string of the molecule is C=CCC1CC(O)C(CC=C)C1. The Labute approximate surface area is 74.8 Å². The van der Waals surface area contributed by atoms with Gasteiger partial charge in [-0.25, -0.2) is 0 Å². The molecule has 1 aliphatic rings. The molecule has 1 fully saturated rings. The smallest absolute Gasteiger partial charge is 0.0574 e. The van der Waals surface area contributed by atoms with Crippen LogP contribution in [0.1, 0.15) is 25.7 Å². The fraction of sp³-hybridized carbons (Fsp3) is 0.636. The van der Waals surface area contributed by atoms with Gasteiger partial charge in [-0.1, -0.05) is 12.2 Å². The van der Waals surface area contributed by atoms with Gasteiger partial charge in [-0.05, 0) is 37.5 Å². The quantitative estimate of drug-likeness (QED) is 0.636. The van der Waals surface area contributed by atoms with E-state index in [-0.39, 0.29) is 6.10 Å². The fourth-order valence-corrected chi connectivity index (χ4v) is 2.11. The largest absolute Gasteiger partial charge is 0.393 e. The summed E-state index contributed by atoms with van der Waals surface area (Å²) < 4.78 is 0. The molecule has 1 aliphatic carbocycles. The third kappa shape index (κ3) is 2.21. The number of hydrogen-bond acceptors (Lipinski definition) is 1. The third-order valence-corrected chi connectivity index (χ3v) is 2.72. The minimum Gasteiger partial charge on any atom is -0.393 e. The Kier molecular flexibility index (Phi) is 3.54. The van der Waals surface area contributed by atoms with Gasteiger partial charge in [0.05, 0.1) is 6.10 Å². The summed E-state index contributed by atoms with van der Waals surface area (Å²) in [5.41, 5.74) is 0. The zero-order valence-electron chi connectivity index (χ0n) is 7.58. The first kappa shape index (κ1) is 9.53. The molecule has 0 heterocycles. The highest BCUT2D eigenvalue weighted by molar-refractivity contribution is 4.89. The molecule has 0 aliphatic heterocycles. The number of aliphatic hydroxyl groups excluding tert-OH is 1. The number of allylic oxidation sites excluding steroid dienone is 2. The summed E-state index contributed by atoms with van der Waals surface area (Å²) in [5, 5.41) is 9.64. The van der Waals surface area contributed by atoms with Crippen LogP contribution in [0.25, 0.3) is 0 Å². The van der Waals surface area contributed by atoms with Gasteiger partial charge in [0, 0.05) is 0 Å². The van der Waals surface area contributed by atoms with Crippen LogP contribution in [0.5, 0.6) is 0 Å². The Morgan fingerprint density at radius 3 is 2.42 bits per heavy atom. The first-order valence-electron chi connectivity index (χ1n) is 4.67. The second-order valence-electron chi connectivity index (χ2n) is 3.71. The Morgan fingerprint density at radius 2 is 1.83 bits per heavy atom. The predicted molar refractivity (Wildman–Crippen MR) is 51.8 cm³/mol. The van der Waals surface area contributed by atoms with Gasteiger partial charge in [-0.3, -0.25) is 0 Å². The van der Waals surface area contributed by atoms with E-state index in [0.717, 1.165) is 25.7 Å². The van der Waals surface area contributed by atoms with Crippen molar-refractivity contribution in [3.63, 3.8) is 0 Å². The minimum atomic E-state index is -0.104. The van der Waals surface area contributed by atoms with E-state index in [9.17, 15) is 5.11 Å². The summed E-state index contributed by atoms with van der Waals surface area (Å²) >= 11 is 0. The monoisotopic (exact) mass is 166 g/mol.